The van der Waals surface area contributed by atoms with Crippen molar-refractivity contribution in [1.82, 2.24) is 16.0 Å². The van der Waals surface area contributed by atoms with E-state index in [4.69, 9.17) is 5.73 Å². The summed E-state index contributed by atoms with van der Waals surface area (Å²) < 4.78 is 0. The number of unbranched alkanes of at least 4 members (excludes halogenated alkanes) is 2. The Hall–Kier alpha value is -2.57. The molecule has 1 atom stereocenters. The van der Waals surface area contributed by atoms with Crippen molar-refractivity contribution in [2.75, 3.05) is 6.54 Å². The predicted molar refractivity (Wildman–Crippen MR) is 123 cm³/mol. The van der Waals surface area contributed by atoms with E-state index in [1.165, 1.54) is 0 Å². The Balaban J connectivity index is 2.59. The van der Waals surface area contributed by atoms with Crippen LogP contribution in [0.3, 0.4) is 0 Å². The molecule has 1 aromatic carbocycles. The van der Waals surface area contributed by atoms with Gasteiger partial charge in [0.2, 0.25) is 0 Å². The average Bonchev–Trinajstić information content (AvgIpc) is 2.74. The number of guanidine groups is 1. The monoisotopic (exact) mass is 417 g/mol. The highest BCUT2D eigenvalue weighted by atomic mass is 16.2. The van der Waals surface area contributed by atoms with Gasteiger partial charge in [0, 0.05) is 13.1 Å². The molecule has 0 aliphatic rings. The van der Waals surface area contributed by atoms with E-state index >= 15 is 0 Å². The summed E-state index contributed by atoms with van der Waals surface area (Å²) in [5.41, 5.74) is 7.41. The fraction of sp³-hybridized carbons (Fsp3) is 0.609. The summed E-state index contributed by atoms with van der Waals surface area (Å²) >= 11 is 0. The van der Waals surface area contributed by atoms with Crippen LogP contribution in [0.25, 0.3) is 0 Å². The third-order valence-corrected chi connectivity index (χ3v) is 5.27. The largest absolute Gasteiger partial charge is 0.370 e. The summed E-state index contributed by atoms with van der Waals surface area (Å²) in [5, 5.41) is 8.83. The Kier molecular flexibility index (Phi) is 11.6. The molecular weight excluding hydrogens is 378 g/mol. The van der Waals surface area contributed by atoms with E-state index in [-0.39, 0.29) is 17.9 Å². The van der Waals surface area contributed by atoms with Crippen LogP contribution in [0.2, 0.25) is 0 Å². The maximum Gasteiger partial charge on any atom is 0.315 e. The normalized spacial score (nSPS) is 13.6. The Morgan fingerprint density at radius 1 is 1.10 bits per heavy atom. The first-order chi connectivity index (χ1) is 14.4. The van der Waals surface area contributed by atoms with Gasteiger partial charge in [-0.3, -0.25) is 0 Å². The van der Waals surface area contributed by atoms with E-state index < -0.39 is 5.54 Å². The molecule has 0 fully saturated rings. The lowest BCUT2D eigenvalue weighted by molar-refractivity contribution is -0.114. The lowest BCUT2D eigenvalue weighted by Crippen LogP contribution is -2.56. The van der Waals surface area contributed by atoms with Crippen LogP contribution in [-0.4, -0.2) is 30.4 Å². The Labute approximate surface area is 181 Å². The van der Waals surface area contributed by atoms with Gasteiger partial charge in [0.05, 0.1) is 12.1 Å². The van der Waals surface area contributed by atoms with E-state index in [2.05, 4.69) is 34.8 Å². The second kappa shape index (κ2) is 13.6. The quantitative estimate of drug-likeness (QED) is 0.170. The number of benzene rings is 1. The lowest BCUT2D eigenvalue weighted by Gasteiger charge is -2.33. The minimum atomic E-state index is -0.684. The first-order valence-corrected chi connectivity index (χ1v) is 11.0. The molecule has 7 nitrogen and oxygen atoms in total. The number of nitrogens with two attached hydrogens (primary N) is 1. The Morgan fingerprint density at radius 2 is 1.73 bits per heavy atom. The first kappa shape index (κ1) is 25.5. The molecule has 30 heavy (non-hydrogen) atoms. The molecule has 1 aromatic rings. The molecule has 0 aliphatic carbocycles. The molecule has 2 amide bonds. The standard InChI is InChI=1S/C23H39N5O2/c1-5-7-13-23(17-29,18(3)4)28-21(24)26-15-19-9-11-20(12-10-19)16-27-22(30)25-14-8-6-2/h9-12,17-18H,5-8,13-16H2,1-4H3,(H3,24,26,28)(H2,25,27,30). The lowest BCUT2D eigenvalue weighted by atomic mass is 9.83. The van der Waals surface area contributed by atoms with Crippen molar-refractivity contribution < 1.29 is 9.59 Å². The first-order valence-electron chi connectivity index (χ1n) is 11.0. The molecule has 0 spiro atoms. The molecule has 5 N–H and O–H groups in total. The van der Waals surface area contributed by atoms with E-state index in [0.717, 1.165) is 49.5 Å². The van der Waals surface area contributed by atoms with Crippen molar-refractivity contribution in [2.45, 2.75) is 78.4 Å². The van der Waals surface area contributed by atoms with Crippen LogP contribution in [-0.2, 0) is 17.9 Å². The van der Waals surface area contributed by atoms with E-state index in [1.807, 2.05) is 38.1 Å². The highest BCUT2D eigenvalue weighted by Gasteiger charge is 2.33. The van der Waals surface area contributed by atoms with E-state index in [9.17, 15) is 9.59 Å². The van der Waals surface area contributed by atoms with Gasteiger partial charge in [-0.05, 0) is 29.9 Å². The number of aldehydes is 1. The van der Waals surface area contributed by atoms with Gasteiger partial charge < -0.3 is 26.5 Å². The minimum Gasteiger partial charge on any atom is -0.370 e. The zero-order valence-corrected chi connectivity index (χ0v) is 19.0. The van der Waals surface area contributed by atoms with Gasteiger partial charge in [0.15, 0.2) is 5.96 Å². The maximum absolute atomic E-state index is 11.8. The number of hydrogen-bond donors (Lipinski definition) is 4. The van der Waals surface area contributed by atoms with Gasteiger partial charge in [0.25, 0.3) is 0 Å². The van der Waals surface area contributed by atoms with Crippen LogP contribution in [0, 0.1) is 5.92 Å². The van der Waals surface area contributed by atoms with E-state index in [0.29, 0.717) is 19.6 Å². The molecule has 0 aliphatic heterocycles. The van der Waals surface area contributed by atoms with Gasteiger partial charge in [-0.15, -0.1) is 0 Å². The third kappa shape index (κ3) is 8.84. The fourth-order valence-electron chi connectivity index (χ4n) is 3.03. The highest BCUT2D eigenvalue weighted by Crippen LogP contribution is 2.21. The maximum atomic E-state index is 11.8. The van der Waals surface area contributed by atoms with Gasteiger partial charge >= 0.3 is 6.03 Å². The summed E-state index contributed by atoms with van der Waals surface area (Å²) in [6.45, 7) is 9.80. The zero-order chi connectivity index (χ0) is 22.4. The summed E-state index contributed by atoms with van der Waals surface area (Å²) in [5.74, 6) is 0.391. The number of carbonyl (C=O) groups excluding carboxylic acids is 2. The van der Waals surface area contributed by atoms with Crippen molar-refractivity contribution >= 4 is 18.3 Å². The number of nitrogens with zero attached hydrogens (tertiary/aromatic N) is 1. The predicted octanol–water partition coefficient (Wildman–Crippen LogP) is 3.47. The molecule has 168 valence electrons. The van der Waals surface area contributed by atoms with Crippen LogP contribution in [0.15, 0.2) is 29.3 Å². The van der Waals surface area contributed by atoms with Crippen LogP contribution in [0.1, 0.15) is 70.9 Å². The summed E-state index contributed by atoms with van der Waals surface area (Å²) in [6, 6.07) is 7.71. The Morgan fingerprint density at radius 3 is 2.30 bits per heavy atom. The second-order valence-corrected chi connectivity index (χ2v) is 8.02. The number of rotatable bonds is 13. The van der Waals surface area contributed by atoms with Gasteiger partial charge in [-0.1, -0.05) is 71.2 Å². The average molecular weight is 418 g/mol. The molecule has 0 radical (unpaired) electrons. The van der Waals surface area contributed by atoms with E-state index in [1.54, 1.807) is 0 Å². The van der Waals surface area contributed by atoms with Gasteiger partial charge in [-0.25, -0.2) is 9.79 Å². The van der Waals surface area contributed by atoms with Gasteiger partial charge in [0.1, 0.15) is 6.29 Å². The van der Waals surface area contributed by atoms with Crippen molar-refractivity contribution in [1.29, 1.82) is 0 Å². The number of hydrogen-bond acceptors (Lipinski definition) is 3. The molecule has 0 saturated carbocycles. The number of amides is 2. The smallest absolute Gasteiger partial charge is 0.315 e. The molecule has 1 unspecified atom stereocenters. The van der Waals surface area contributed by atoms with Crippen molar-refractivity contribution in [3.05, 3.63) is 35.4 Å². The molecule has 0 bridgehead atoms. The van der Waals surface area contributed by atoms with Crippen LogP contribution >= 0.6 is 0 Å². The van der Waals surface area contributed by atoms with Crippen LogP contribution in [0.4, 0.5) is 4.79 Å². The minimum absolute atomic E-state index is 0.112. The van der Waals surface area contributed by atoms with Crippen molar-refractivity contribution in [3.63, 3.8) is 0 Å². The highest BCUT2D eigenvalue weighted by molar-refractivity contribution is 5.83. The number of aliphatic imine (C=N–C) groups is 1. The molecular formula is C23H39N5O2. The molecule has 1 rings (SSSR count). The topological polar surface area (TPSA) is 109 Å². The molecule has 0 heterocycles. The summed E-state index contributed by atoms with van der Waals surface area (Å²) in [7, 11) is 0. The Bertz CT molecular complexity index is 673. The molecule has 0 saturated heterocycles. The second-order valence-electron chi connectivity index (χ2n) is 8.02. The fourth-order valence-corrected chi connectivity index (χ4v) is 3.03. The summed E-state index contributed by atoms with van der Waals surface area (Å²) in [4.78, 5) is 27.9. The summed E-state index contributed by atoms with van der Waals surface area (Å²) in [6.07, 6.45) is 5.69. The SMILES string of the molecule is CCCCNC(=O)NCc1ccc(CN=C(N)NC(C=O)(CCCC)C(C)C)cc1. The van der Waals surface area contributed by atoms with Gasteiger partial charge in [-0.2, -0.15) is 0 Å². The van der Waals surface area contributed by atoms with Crippen LogP contribution in [0.5, 0.6) is 0 Å². The molecule has 0 aromatic heterocycles. The zero-order valence-electron chi connectivity index (χ0n) is 19.0. The number of carbonyl (C=O) groups is 2. The number of urea groups is 1. The number of nitrogens with one attached hydrogen (secondary N) is 3. The van der Waals surface area contributed by atoms with Crippen molar-refractivity contribution in [3.8, 4) is 0 Å². The van der Waals surface area contributed by atoms with Crippen LogP contribution < -0.4 is 21.7 Å². The third-order valence-electron chi connectivity index (χ3n) is 5.27. The molecule has 7 heteroatoms. The van der Waals surface area contributed by atoms with Crippen molar-refractivity contribution in [2.24, 2.45) is 16.6 Å².